The van der Waals surface area contributed by atoms with Crippen LogP contribution in [-0.2, 0) is 9.59 Å². The third-order valence-electron chi connectivity index (χ3n) is 1.26. The lowest BCUT2D eigenvalue weighted by molar-refractivity contribution is -0.115. The van der Waals surface area contributed by atoms with Crippen molar-refractivity contribution in [3.05, 3.63) is 24.3 Å². The molecule has 0 saturated carbocycles. The highest BCUT2D eigenvalue weighted by atomic mass is 16.3. The number of carbonyl (C=O) groups is 2. The second-order valence-corrected chi connectivity index (χ2v) is 3.31. The quantitative estimate of drug-likeness (QED) is 0.388. The largest absolute Gasteiger partial charge is 0.394 e. The SMILES string of the molecule is C=C(C)C(N)=O.C=C(C)C(N)=O.OCC(O)CO. The zero-order chi connectivity index (χ0) is 15.3. The summed E-state index contributed by atoms with van der Waals surface area (Å²) in [5.74, 6) is -0.870. The maximum atomic E-state index is 9.82. The van der Waals surface area contributed by atoms with Crippen LogP contribution in [0, 0.1) is 0 Å². The lowest BCUT2D eigenvalue weighted by atomic mass is 10.3. The molecule has 0 saturated heterocycles. The van der Waals surface area contributed by atoms with Crippen molar-refractivity contribution in [3.8, 4) is 0 Å². The number of carbonyl (C=O) groups excluding carboxylic acids is 2. The zero-order valence-electron chi connectivity index (χ0n) is 10.7. The van der Waals surface area contributed by atoms with E-state index in [1.165, 1.54) is 0 Å². The number of hydrogen-bond donors (Lipinski definition) is 5. The van der Waals surface area contributed by atoms with E-state index in [2.05, 4.69) is 13.2 Å². The van der Waals surface area contributed by atoms with Gasteiger partial charge in [-0.25, -0.2) is 0 Å². The predicted octanol–water partition coefficient (Wildman–Crippen LogP) is -1.57. The Morgan fingerprint density at radius 2 is 1.17 bits per heavy atom. The number of aliphatic hydroxyl groups excluding tert-OH is 3. The monoisotopic (exact) mass is 262 g/mol. The van der Waals surface area contributed by atoms with Crippen molar-refractivity contribution in [2.24, 2.45) is 11.5 Å². The van der Waals surface area contributed by atoms with Crippen molar-refractivity contribution in [2.45, 2.75) is 20.0 Å². The summed E-state index contributed by atoms with van der Waals surface area (Å²) >= 11 is 0. The van der Waals surface area contributed by atoms with Gasteiger partial charge in [0.25, 0.3) is 0 Å². The van der Waals surface area contributed by atoms with E-state index in [-0.39, 0.29) is 13.2 Å². The van der Waals surface area contributed by atoms with E-state index >= 15 is 0 Å². The molecule has 7 N–H and O–H groups in total. The molecule has 0 radical (unpaired) electrons. The van der Waals surface area contributed by atoms with E-state index < -0.39 is 17.9 Å². The fourth-order valence-electron chi connectivity index (χ4n) is 0.0577. The average Bonchev–Trinajstić information content (AvgIpc) is 2.29. The molecule has 7 heteroatoms. The second kappa shape index (κ2) is 13.4. The van der Waals surface area contributed by atoms with Gasteiger partial charge in [0.1, 0.15) is 6.10 Å². The molecule has 18 heavy (non-hydrogen) atoms. The van der Waals surface area contributed by atoms with Crippen molar-refractivity contribution in [1.29, 1.82) is 0 Å². The Hall–Kier alpha value is -1.70. The minimum atomic E-state index is -0.954. The Morgan fingerprint density at radius 3 is 1.17 bits per heavy atom. The minimum absolute atomic E-state index is 0.365. The molecular formula is C11H22N2O5. The Bertz CT molecular complexity index is 237. The van der Waals surface area contributed by atoms with Gasteiger partial charge in [-0.3, -0.25) is 9.59 Å². The van der Waals surface area contributed by atoms with E-state index in [1.807, 2.05) is 0 Å². The Labute approximate surface area is 106 Å². The molecule has 0 bridgehead atoms. The van der Waals surface area contributed by atoms with Crippen LogP contribution in [-0.4, -0.2) is 46.5 Å². The number of nitrogens with two attached hydrogens (primary N) is 2. The first kappa shape index (κ1) is 21.6. The molecule has 7 nitrogen and oxygen atoms in total. The lowest BCUT2D eigenvalue weighted by Crippen LogP contribution is -2.15. The van der Waals surface area contributed by atoms with Gasteiger partial charge in [0.2, 0.25) is 11.8 Å². The summed E-state index contributed by atoms with van der Waals surface area (Å²) in [5.41, 5.74) is 10.2. The van der Waals surface area contributed by atoms with Crippen molar-refractivity contribution < 1.29 is 24.9 Å². The first-order valence-corrected chi connectivity index (χ1v) is 4.90. The Balaban J connectivity index is -0.000000187. The fourth-order valence-corrected chi connectivity index (χ4v) is 0.0577. The van der Waals surface area contributed by atoms with Crippen LogP contribution in [0.2, 0.25) is 0 Å². The third kappa shape index (κ3) is 23.8. The summed E-state index contributed by atoms with van der Waals surface area (Å²) in [6, 6.07) is 0. The number of rotatable bonds is 4. The van der Waals surface area contributed by atoms with Gasteiger partial charge < -0.3 is 26.8 Å². The van der Waals surface area contributed by atoms with E-state index in [1.54, 1.807) is 13.8 Å². The summed E-state index contributed by atoms with van der Waals surface area (Å²) in [7, 11) is 0. The summed E-state index contributed by atoms with van der Waals surface area (Å²) in [6.07, 6.45) is -0.954. The number of primary amides is 2. The van der Waals surface area contributed by atoms with E-state index in [0.717, 1.165) is 0 Å². The zero-order valence-corrected chi connectivity index (χ0v) is 10.7. The van der Waals surface area contributed by atoms with Crippen molar-refractivity contribution >= 4 is 11.8 Å². The molecule has 0 aromatic rings. The normalized spacial score (nSPS) is 8.33. The second-order valence-electron chi connectivity index (χ2n) is 3.31. The van der Waals surface area contributed by atoms with Gasteiger partial charge in [0.05, 0.1) is 13.2 Å². The van der Waals surface area contributed by atoms with Gasteiger partial charge in [-0.2, -0.15) is 0 Å². The van der Waals surface area contributed by atoms with Gasteiger partial charge in [0, 0.05) is 11.1 Å². The van der Waals surface area contributed by atoms with Gasteiger partial charge in [0.15, 0.2) is 0 Å². The van der Waals surface area contributed by atoms with E-state index in [9.17, 15) is 9.59 Å². The van der Waals surface area contributed by atoms with Crippen LogP contribution in [0.5, 0.6) is 0 Å². The maximum absolute atomic E-state index is 9.82. The van der Waals surface area contributed by atoms with Crippen LogP contribution in [0.4, 0.5) is 0 Å². The smallest absolute Gasteiger partial charge is 0.243 e. The summed E-state index contributed by atoms with van der Waals surface area (Å²) in [5, 5.41) is 24.0. The van der Waals surface area contributed by atoms with Crippen molar-refractivity contribution in [1.82, 2.24) is 0 Å². The predicted molar refractivity (Wildman–Crippen MR) is 68.2 cm³/mol. The molecule has 0 atom stereocenters. The Morgan fingerprint density at radius 1 is 1.00 bits per heavy atom. The van der Waals surface area contributed by atoms with Crippen molar-refractivity contribution in [2.75, 3.05) is 13.2 Å². The Kier molecular flexibility index (Phi) is 16.0. The van der Waals surface area contributed by atoms with Gasteiger partial charge in [-0.15, -0.1) is 0 Å². The maximum Gasteiger partial charge on any atom is 0.243 e. The molecule has 0 rings (SSSR count). The van der Waals surface area contributed by atoms with Crippen LogP contribution in [0.1, 0.15) is 13.8 Å². The number of hydrogen-bond acceptors (Lipinski definition) is 5. The number of amides is 2. The van der Waals surface area contributed by atoms with Gasteiger partial charge in [-0.05, 0) is 13.8 Å². The first-order valence-electron chi connectivity index (χ1n) is 4.90. The topological polar surface area (TPSA) is 147 Å². The highest BCUT2D eigenvalue weighted by Crippen LogP contribution is 1.78. The molecule has 0 aliphatic carbocycles. The van der Waals surface area contributed by atoms with Crippen LogP contribution in [0.25, 0.3) is 0 Å². The van der Waals surface area contributed by atoms with Crippen molar-refractivity contribution in [3.63, 3.8) is 0 Å². The fraction of sp³-hybridized carbons (Fsp3) is 0.455. The third-order valence-corrected chi connectivity index (χ3v) is 1.26. The van der Waals surface area contributed by atoms with Gasteiger partial charge in [-0.1, -0.05) is 13.2 Å². The average molecular weight is 262 g/mol. The first-order chi connectivity index (χ1) is 8.09. The molecule has 0 aromatic heterocycles. The van der Waals surface area contributed by atoms with Crippen LogP contribution >= 0.6 is 0 Å². The molecule has 0 aliphatic heterocycles. The lowest BCUT2D eigenvalue weighted by Gasteiger charge is -1.96. The van der Waals surface area contributed by atoms with Crippen LogP contribution in [0.15, 0.2) is 24.3 Å². The van der Waals surface area contributed by atoms with Gasteiger partial charge >= 0.3 is 0 Å². The minimum Gasteiger partial charge on any atom is -0.394 e. The molecule has 0 heterocycles. The molecule has 2 amide bonds. The highest BCUT2D eigenvalue weighted by molar-refractivity contribution is 5.90. The molecular weight excluding hydrogens is 240 g/mol. The highest BCUT2D eigenvalue weighted by Gasteiger charge is 1.93. The summed E-state index contributed by atoms with van der Waals surface area (Å²) in [6.45, 7) is 8.97. The van der Waals surface area contributed by atoms with Crippen LogP contribution < -0.4 is 11.5 Å². The molecule has 0 fully saturated rings. The molecule has 106 valence electrons. The standard InChI is InChI=1S/2C4H7NO.C3H8O3/c2*1-3(2)4(5)6;4-1-3(6)2-5/h2*1H2,2H3,(H2,5,6);3-6H,1-2H2. The number of aliphatic hydroxyl groups is 3. The van der Waals surface area contributed by atoms with Crippen LogP contribution in [0.3, 0.4) is 0 Å². The molecule has 0 unspecified atom stereocenters. The molecule has 0 spiro atoms. The van der Waals surface area contributed by atoms with E-state index in [4.69, 9.17) is 26.8 Å². The summed E-state index contributed by atoms with van der Waals surface area (Å²) in [4.78, 5) is 19.6. The summed E-state index contributed by atoms with van der Waals surface area (Å²) < 4.78 is 0. The van der Waals surface area contributed by atoms with E-state index in [0.29, 0.717) is 11.1 Å². The molecule has 0 aliphatic rings. The molecule has 0 aromatic carbocycles.